The van der Waals surface area contributed by atoms with Gasteiger partial charge >= 0.3 is 0 Å². The zero-order valence-corrected chi connectivity index (χ0v) is 14.8. The van der Waals surface area contributed by atoms with E-state index in [2.05, 4.69) is 15.5 Å². The molecule has 1 aromatic carbocycles. The van der Waals surface area contributed by atoms with Crippen molar-refractivity contribution in [2.45, 2.75) is 32.8 Å². The number of hydrogen-bond acceptors (Lipinski definition) is 7. The van der Waals surface area contributed by atoms with Gasteiger partial charge in [0.25, 0.3) is 0 Å². The van der Waals surface area contributed by atoms with Crippen LogP contribution in [0.2, 0.25) is 0 Å². The van der Waals surface area contributed by atoms with Gasteiger partial charge in [-0.3, -0.25) is 10.1 Å². The number of anilines is 3. The summed E-state index contributed by atoms with van der Waals surface area (Å²) in [6, 6.07) is 5.48. The third-order valence-electron chi connectivity index (χ3n) is 3.65. The summed E-state index contributed by atoms with van der Waals surface area (Å²) in [5.74, 6) is 0.878. The number of nitrogens with one attached hydrogen (secondary N) is 1. The quantitative estimate of drug-likeness (QED) is 0.825. The third-order valence-corrected chi connectivity index (χ3v) is 4.78. The first-order chi connectivity index (χ1) is 11.4. The maximum Gasteiger partial charge on any atom is 0.245 e. The molecule has 0 fully saturated rings. The minimum Gasteiger partial charge on any atom is -0.487 e. The molecule has 7 nitrogen and oxygen atoms in total. The van der Waals surface area contributed by atoms with Crippen molar-refractivity contribution in [3.8, 4) is 5.75 Å². The number of fused-ring (bicyclic) bond motifs is 1. The molecule has 128 valence electrons. The minimum absolute atomic E-state index is 0.0128. The van der Waals surface area contributed by atoms with Crippen molar-refractivity contribution in [1.82, 2.24) is 10.2 Å². The van der Waals surface area contributed by atoms with Gasteiger partial charge in [-0.15, -0.1) is 10.2 Å². The van der Waals surface area contributed by atoms with E-state index in [-0.39, 0.29) is 18.6 Å². The van der Waals surface area contributed by atoms with E-state index in [0.717, 1.165) is 10.7 Å². The molecule has 0 saturated carbocycles. The van der Waals surface area contributed by atoms with Gasteiger partial charge in [0.05, 0.1) is 18.8 Å². The summed E-state index contributed by atoms with van der Waals surface area (Å²) < 4.78 is 5.80. The van der Waals surface area contributed by atoms with E-state index >= 15 is 0 Å². The Kier molecular flexibility index (Phi) is 4.57. The Hall–Kier alpha value is -2.35. The van der Waals surface area contributed by atoms with Crippen molar-refractivity contribution in [3.63, 3.8) is 0 Å². The number of amides is 1. The molecule has 1 atom stereocenters. The first-order valence-electron chi connectivity index (χ1n) is 7.86. The van der Waals surface area contributed by atoms with E-state index in [1.54, 1.807) is 6.07 Å². The van der Waals surface area contributed by atoms with Crippen LogP contribution in [0.25, 0.3) is 0 Å². The van der Waals surface area contributed by atoms with Gasteiger partial charge in [0.1, 0.15) is 16.9 Å². The highest BCUT2D eigenvalue weighted by Gasteiger charge is 2.25. The molecule has 1 aromatic heterocycles. The van der Waals surface area contributed by atoms with Crippen LogP contribution in [0, 0.1) is 0 Å². The first-order valence-corrected chi connectivity index (χ1v) is 8.68. The number of aromatic nitrogens is 2. The maximum absolute atomic E-state index is 12.4. The number of nitrogens with two attached hydrogens (primary N) is 1. The number of nitrogens with zero attached hydrogens (tertiary/aromatic N) is 3. The second kappa shape index (κ2) is 6.64. The van der Waals surface area contributed by atoms with Crippen LogP contribution in [0.5, 0.6) is 5.75 Å². The Morgan fingerprint density at radius 3 is 3.00 bits per heavy atom. The van der Waals surface area contributed by atoms with Crippen LogP contribution in [0.3, 0.4) is 0 Å². The lowest BCUT2D eigenvalue weighted by atomic mass is 10.2. The predicted octanol–water partition coefficient (Wildman–Crippen LogP) is 2.47. The topological polar surface area (TPSA) is 93.4 Å². The number of hydrogen-bond donors (Lipinski definition) is 2. The summed E-state index contributed by atoms with van der Waals surface area (Å²) in [4.78, 5) is 14.4. The van der Waals surface area contributed by atoms with E-state index in [9.17, 15) is 4.79 Å². The van der Waals surface area contributed by atoms with Gasteiger partial charge in [-0.2, -0.15) is 0 Å². The van der Waals surface area contributed by atoms with E-state index < -0.39 is 0 Å². The molecule has 0 spiro atoms. The average molecular weight is 347 g/mol. The zero-order chi connectivity index (χ0) is 17.3. The van der Waals surface area contributed by atoms with E-state index in [1.807, 2.05) is 37.8 Å². The largest absolute Gasteiger partial charge is 0.487 e. The van der Waals surface area contributed by atoms with Gasteiger partial charge in [0.2, 0.25) is 11.0 Å². The molecule has 8 heteroatoms. The smallest absolute Gasteiger partial charge is 0.245 e. The lowest BCUT2D eigenvalue weighted by Crippen LogP contribution is -2.42. The average Bonchev–Trinajstić information content (AvgIpc) is 2.95. The molecule has 1 unspecified atom stereocenters. The fourth-order valence-electron chi connectivity index (χ4n) is 2.55. The number of rotatable bonds is 4. The van der Waals surface area contributed by atoms with Crippen molar-refractivity contribution in [2.75, 3.05) is 29.0 Å². The van der Waals surface area contributed by atoms with Crippen LogP contribution in [-0.4, -0.2) is 35.3 Å². The SMILES string of the molecule is CC1CN(CC(=O)Nc2nnc(C(C)C)s2)c2ccc(N)cc2O1. The van der Waals surface area contributed by atoms with Crippen molar-refractivity contribution < 1.29 is 9.53 Å². The normalized spacial score (nSPS) is 16.7. The Morgan fingerprint density at radius 2 is 2.29 bits per heavy atom. The molecule has 1 aliphatic rings. The Balaban J connectivity index is 1.70. The summed E-state index contributed by atoms with van der Waals surface area (Å²) >= 11 is 1.41. The van der Waals surface area contributed by atoms with Gasteiger partial charge < -0.3 is 15.4 Å². The molecule has 3 N–H and O–H groups in total. The predicted molar refractivity (Wildman–Crippen MR) is 95.8 cm³/mol. The number of ether oxygens (including phenoxy) is 1. The highest BCUT2D eigenvalue weighted by molar-refractivity contribution is 7.15. The van der Waals surface area contributed by atoms with Crippen LogP contribution < -0.4 is 20.7 Å². The van der Waals surface area contributed by atoms with Gasteiger partial charge in [0.15, 0.2) is 0 Å². The van der Waals surface area contributed by atoms with Gasteiger partial charge in [-0.1, -0.05) is 25.2 Å². The van der Waals surface area contributed by atoms with Gasteiger partial charge in [-0.05, 0) is 19.1 Å². The molecule has 0 bridgehead atoms. The first kappa shape index (κ1) is 16.5. The standard InChI is InChI=1S/C16H21N5O2S/c1-9(2)15-19-20-16(24-15)18-14(22)8-21-7-10(3)23-13-6-11(17)4-5-12(13)21/h4-6,9-10H,7-8,17H2,1-3H3,(H,18,20,22). The van der Waals surface area contributed by atoms with Crippen molar-refractivity contribution in [2.24, 2.45) is 0 Å². The Labute approximate surface area is 144 Å². The molecule has 1 amide bonds. The highest BCUT2D eigenvalue weighted by atomic mass is 32.1. The van der Waals surface area contributed by atoms with Crippen LogP contribution >= 0.6 is 11.3 Å². The zero-order valence-electron chi connectivity index (χ0n) is 13.9. The summed E-state index contributed by atoms with van der Waals surface area (Å²) in [7, 11) is 0. The van der Waals surface area contributed by atoms with Gasteiger partial charge in [-0.25, -0.2) is 0 Å². The van der Waals surface area contributed by atoms with Crippen LogP contribution in [0.1, 0.15) is 31.7 Å². The molecule has 2 heterocycles. The second-order valence-electron chi connectivity index (χ2n) is 6.18. The van der Waals surface area contributed by atoms with Crippen molar-refractivity contribution in [1.29, 1.82) is 0 Å². The highest BCUT2D eigenvalue weighted by Crippen LogP contribution is 2.34. The molecule has 0 aliphatic carbocycles. The number of carbonyl (C=O) groups excluding carboxylic acids is 1. The minimum atomic E-state index is -0.127. The molecule has 3 rings (SSSR count). The molecule has 0 radical (unpaired) electrons. The Morgan fingerprint density at radius 1 is 1.50 bits per heavy atom. The fraction of sp³-hybridized carbons (Fsp3) is 0.438. The molecule has 1 aliphatic heterocycles. The van der Waals surface area contributed by atoms with Crippen molar-refractivity contribution >= 4 is 33.8 Å². The molecular formula is C16H21N5O2S. The number of benzene rings is 1. The number of nitrogen functional groups attached to an aromatic ring is 1. The number of carbonyl (C=O) groups is 1. The monoisotopic (exact) mass is 347 g/mol. The summed E-state index contributed by atoms with van der Waals surface area (Å²) in [6.45, 7) is 6.92. The second-order valence-corrected chi connectivity index (χ2v) is 7.19. The van der Waals surface area contributed by atoms with Crippen LogP contribution in [-0.2, 0) is 4.79 Å². The van der Waals surface area contributed by atoms with Gasteiger partial charge in [0, 0.05) is 17.7 Å². The lowest BCUT2D eigenvalue weighted by Gasteiger charge is -2.34. The summed E-state index contributed by atoms with van der Waals surface area (Å²) in [6.07, 6.45) is -0.0128. The lowest BCUT2D eigenvalue weighted by molar-refractivity contribution is -0.115. The molecule has 24 heavy (non-hydrogen) atoms. The molecule has 0 saturated heterocycles. The van der Waals surface area contributed by atoms with E-state index in [1.165, 1.54) is 11.3 Å². The summed E-state index contributed by atoms with van der Waals surface area (Å²) in [5, 5.41) is 12.4. The summed E-state index contributed by atoms with van der Waals surface area (Å²) in [5.41, 5.74) is 7.33. The fourth-order valence-corrected chi connectivity index (χ4v) is 3.31. The molecular weight excluding hydrogens is 326 g/mol. The Bertz CT molecular complexity index is 746. The van der Waals surface area contributed by atoms with Crippen LogP contribution in [0.15, 0.2) is 18.2 Å². The van der Waals surface area contributed by atoms with E-state index in [0.29, 0.717) is 29.0 Å². The van der Waals surface area contributed by atoms with Crippen LogP contribution in [0.4, 0.5) is 16.5 Å². The third kappa shape index (κ3) is 3.59. The van der Waals surface area contributed by atoms with E-state index in [4.69, 9.17) is 10.5 Å². The maximum atomic E-state index is 12.4. The van der Waals surface area contributed by atoms with Crippen molar-refractivity contribution in [3.05, 3.63) is 23.2 Å². The molecule has 2 aromatic rings.